The van der Waals surface area contributed by atoms with Crippen molar-refractivity contribution in [2.75, 3.05) is 31.1 Å². The molecular formula is C38H51ClN8O6. The highest BCUT2D eigenvalue weighted by Gasteiger charge is 2.40. The number of hydrogen-bond donors (Lipinski definition) is 4. The summed E-state index contributed by atoms with van der Waals surface area (Å²) in [5.41, 5.74) is 5.62. The molecule has 2 aromatic rings. The van der Waals surface area contributed by atoms with Crippen LogP contribution in [0.2, 0.25) is 5.02 Å². The topological polar surface area (TPSA) is 197 Å². The molecule has 53 heavy (non-hydrogen) atoms. The molecule has 0 bridgehead atoms. The molecule has 3 atom stereocenters. The SMILES string of the molecule is CC(C)(C)[C@H](NC(=O)[C@@H](NC(=O)c1cnccn1)C1CCCCC1)C(=O)N1CCN(c2ccc(Cl)c(C(=O)NC(CC3CCC3)C(=O)C(N)=O)c2)CC1. The average molecular weight is 751 g/mol. The average Bonchev–Trinajstić information content (AvgIpc) is 3.13. The number of benzene rings is 1. The molecule has 2 aliphatic carbocycles. The van der Waals surface area contributed by atoms with Crippen LogP contribution in [0.25, 0.3) is 0 Å². The van der Waals surface area contributed by atoms with Crippen LogP contribution in [0.3, 0.4) is 0 Å². The molecule has 1 aliphatic heterocycles. The van der Waals surface area contributed by atoms with Gasteiger partial charge < -0.3 is 31.5 Å². The van der Waals surface area contributed by atoms with Gasteiger partial charge in [-0.3, -0.25) is 33.8 Å². The lowest BCUT2D eigenvalue weighted by Crippen LogP contribution is -2.62. The van der Waals surface area contributed by atoms with Gasteiger partial charge in [-0.2, -0.15) is 0 Å². The zero-order valence-corrected chi connectivity index (χ0v) is 31.5. The van der Waals surface area contributed by atoms with E-state index < -0.39 is 53.0 Å². The Morgan fingerprint density at radius 1 is 0.887 bits per heavy atom. The molecule has 1 saturated heterocycles. The minimum atomic E-state index is -1.09. The number of nitrogens with one attached hydrogen (secondary N) is 3. The Morgan fingerprint density at radius 2 is 1.58 bits per heavy atom. The van der Waals surface area contributed by atoms with Crippen molar-refractivity contribution in [2.24, 2.45) is 23.0 Å². The maximum atomic E-state index is 14.1. The normalized spacial score (nSPS) is 18.6. The summed E-state index contributed by atoms with van der Waals surface area (Å²) < 4.78 is 0. The van der Waals surface area contributed by atoms with Crippen LogP contribution in [0.1, 0.15) is 99.4 Å². The molecule has 1 aromatic carbocycles. The predicted molar refractivity (Wildman–Crippen MR) is 199 cm³/mol. The number of rotatable bonds is 13. The van der Waals surface area contributed by atoms with E-state index in [1.165, 1.54) is 18.6 Å². The number of carbonyl (C=O) groups is 6. The summed E-state index contributed by atoms with van der Waals surface area (Å²) in [7, 11) is 0. The molecule has 2 saturated carbocycles. The van der Waals surface area contributed by atoms with E-state index in [9.17, 15) is 28.8 Å². The van der Waals surface area contributed by atoms with Gasteiger partial charge in [0.2, 0.25) is 17.6 Å². The van der Waals surface area contributed by atoms with Gasteiger partial charge in [0.25, 0.3) is 17.7 Å². The Morgan fingerprint density at radius 3 is 2.17 bits per heavy atom. The number of halogens is 1. The van der Waals surface area contributed by atoms with Gasteiger partial charge in [0, 0.05) is 44.3 Å². The second-order valence-electron chi connectivity index (χ2n) is 15.5. The molecule has 1 aromatic heterocycles. The van der Waals surface area contributed by atoms with Crippen LogP contribution in [-0.2, 0) is 19.2 Å². The number of piperazine rings is 1. The van der Waals surface area contributed by atoms with Gasteiger partial charge in [-0.05, 0) is 54.7 Å². The van der Waals surface area contributed by atoms with Gasteiger partial charge in [-0.15, -0.1) is 0 Å². The van der Waals surface area contributed by atoms with E-state index in [1.54, 1.807) is 23.1 Å². The van der Waals surface area contributed by atoms with E-state index in [-0.39, 0.29) is 34.0 Å². The van der Waals surface area contributed by atoms with E-state index in [0.717, 1.165) is 51.4 Å². The van der Waals surface area contributed by atoms with Crippen molar-refractivity contribution in [2.45, 2.75) is 96.7 Å². The zero-order chi connectivity index (χ0) is 38.3. The summed E-state index contributed by atoms with van der Waals surface area (Å²) in [6.07, 6.45) is 12.0. The standard InChI is InChI=1S/C38H51ClN8O6/c1-38(2,3)32(45-36(52)30(24-10-5-4-6-11-24)44-35(51)29-22-41-14-15-42-29)37(53)47-18-16-46(17-19-47)25-12-13-27(39)26(21-25)34(50)43-28(31(48)33(40)49)20-23-8-7-9-23/h12-15,21-24,28,30,32H,4-11,16-20H2,1-3H3,(H2,40,49)(H,43,50)(H,44,51)(H,45,52)/t28?,30-,32+/m0/s1. The fraction of sp³-hybridized carbons (Fsp3) is 0.579. The predicted octanol–water partition coefficient (Wildman–Crippen LogP) is 3.03. The van der Waals surface area contributed by atoms with E-state index >= 15 is 0 Å². The molecule has 14 nitrogen and oxygen atoms in total. The van der Waals surface area contributed by atoms with Gasteiger partial charge in [0.05, 0.1) is 22.8 Å². The molecule has 5 amide bonds. The summed E-state index contributed by atoms with van der Waals surface area (Å²) in [4.78, 5) is 90.6. The summed E-state index contributed by atoms with van der Waals surface area (Å²) in [6.45, 7) is 7.30. The van der Waals surface area contributed by atoms with Crippen LogP contribution in [0.5, 0.6) is 0 Å². The molecule has 1 unspecified atom stereocenters. The van der Waals surface area contributed by atoms with Gasteiger partial charge >= 0.3 is 0 Å². The number of nitrogens with two attached hydrogens (primary N) is 1. The Bertz CT molecular complexity index is 1670. The van der Waals surface area contributed by atoms with Crippen molar-refractivity contribution in [1.82, 2.24) is 30.8 Å². The van der Waals surface area contributed by atoms with Crippen molar-refractivity contribution in [3.05, 3.63) is 53.1 Å². The number of ketones is 1. The van der Waals surface area contributed by atoms with Gasteiger partial charge in [0.1, 0.15) is 17.8 Å². The molecule has 3 aliphatic rings. The lowest BCUT2D eigenvalue weighted by atomic mass is 9.80. The van der Waals surface area contributed by atoms with Crippen LogP contribution < -0.4 is 26.6 Å². The highest BCUT2D eigenvalue weighted by molar-refractivity contribution is 6.38. The maximum Gasteiger partial charge on any atom is 0.287 e. The minimum Gasteiger partial charge on any atom is -0.368 e. The molecule has 5 rings (SSSR count). The first-order chi connectivity index (χ1) is 25.2. The number of nitrogens with zero attached hydrogens (tertiary/aromatic N) is 4. The second-order valence-corrected chi connectivity index (χ2v) is 15.9. The fourth-order valence-electron chi connectivity index (χ4n) is 7.33. The number of anilines is 1. The first-order valence-electron chi connectivity index (χ1n) is 18.6. The first kappa shape index (κ1) is 39.6. The van der Waals surface area contributed by atoms with Crippen LogP contribution in [-0.4, -0.2) is 94.5 Å². The second kappa shape index (κ2) is 17.5. The van der Waals surface area contributed by atoms with Crippen molar-refractivity contribution in [3.8, 4) is 0 Å². The third kappa shape index (κ3) is 10.1. The van der Waals surface area contributed by atoms with Gasteiger partial charge in [0.15, 0.2) is 0 Å². The van der Waals surface area contributed by atoms with Gasteiger partial charge in [-0.1, -0.05) is 70.9 Å². The largest absolute Gasteiger partial charge is 0.368 e. The third-order valence-corrected chi connectivity index (χ3v) is 11.0. The van der Waals surface area contributed by atoms with Crippen LogP contribution in [0, 0.1) is 17.3 Å². The van der Waals surface area contributed by atoms with Crippen molar-refractivity contribution in [3.63, 3.8) is 0 Å². The Hall–Kier alpha value is -4.59. The summed E-state index contributed by atoms with van der Waals surface area (Å²) >= 11 is 6.44. The summed E-state index contributed by atoms with van der Waals surface area (Å²) in [5, 5.41) is 8.79. The molecule has 0 radical (unpaired) electrons. The van der Waals surface area contributed by atoms with Crippen molar-refractivity contribution in [1.29, 1.82) is 0 Å². The Labute approximate surface area is 315 Å². The van der Waals surface area contributed by atoms with Crippen molar-refractivity contribution < 1.29 is 28.8 Å². The quantitative estimate of drug-likeness (QED) is 0.223. The number of hydrogen-bond acceptors (Lipinski definition) is 9. The Kier molecular flexibility index (Phi) is 13.1. The molecule has 5 N–H and O–H groups in total. The molecule has 3 fully saturated rings. The number of amides is 5. The van der Waals surface area contributed by atoms with E-state index in [4.69, 9.17) is 17.3 Å². The lowest BCUT2D eigenvalue weighted by Gasteiger charge is -2.41. The highest BCUT2D eigenvalue weighted by atomic mass is 35.5. The molecule has 2 heterocycles. The van der Waals surface area contributed by atoms with Crippen LogP contribution >= 0.6 is 11.6 Å². The van der Waals surface area contributed by atoms with Crippen LogP contribution in [0.15, 0.2) is 36.8 Å². The number of aromatic nitrogens is 2. The third-order valence-electron chi connectivity index (χ3n) is 10.7. The van der Waals surface area contributed by atoms with E-state index in [0.29, 0.717) is 38.3 Å². The van der Waals surface area contributed by atoms with Crippen molar-refractivity contribution >= 4 is 52.6 Å². The smallest absolute Gasteiger partial charge is 0.287 e. The molecule has 286 valence electrons. The molecule has 0 spiro atoms. The Balaban J connectivity index is 1.24. The first-order valence-corrected chi connectivity index (χ1v) is 19.0. The summed E-state index contributed by atoms with van der Waals surface area (Å²) in [6, 6.07) is 2.32. The van der Waals surface area contributed by atoms with Crippen LogP contribution in [0.4, 0.5) is 5.69 Å². The highest BCUT2D eigenvalue weighted by Crippen LogP contribution is 2.32. The number of Topliss-reactive ketones (excluding diaryl/α,β-unsaturated/α-hetero) is 1. The van der Waals surface area contributed by atoms with E-state index in [2.05, 4.69) is 25.9 Å². The number of primary amides is 1. The van der Waals surface area contributed by atoms with Gasteiger partial charge in [-0.25, -0.2) is 4.98 Å². The van der Waals surface area contributed by atoms with E-state index in [1.807, 2.05) is 25.7 Å². The minimum absolute atomic E-state index is 0.0766. The maximum absolute atomic E-state index is 14.1. The number of carbonyl (C=O) groups excluding carboxylic acids is 6. The summed E-state index contributed by atoms with van der Waals surface area (Å²) in [5.74, 6) is -3.45. The monoisotopic (exact) mass is 750 g/mol. The zero-order valence-electron chi connectivity index (χ0n) is 30.7. The molecule has 15 heteroatoms. The lowest BCUT2D eigenvalue weighted by molar-refractivity contribution is -0.140. The fourth-order valence-corrected chi connectivity index (χ4v) is 7.53. The molecular weight excluding hydrogens is 700 g/mol.